The largest absolute Gasteiger partial charge is 0.481 e. The Morgan fingerprint density at radius 2 is 1.72 bits per heavy atom. The van der Waals surface area contributed by atoms with Gasteiger partial charge in [-0.1, -0.05) is 12.8 Å². The number of nitrogens with zero attached hydrogens (tertiary/aromatic N) is 1. The van der Waals surface area contributed by atoms with E-state index in [2.05, 4.69) is 5.32 Å². The molecule has 2 fully saturated rings. The molecule has 102 valence electrons. The summed E-state index contributed by atoms with van der Waals surface area (Å²) in [6.45, 7) is 1.90. The molecule has 0 aromatic rings. The first-order valence-electron chi connectivity index (χ1n) is 6.92. The average Bonchev–Trinajstić information content (AvgIpc) is 2.89. The first-order chi connectivity index (χ1) is 8.66. The second-order valence-electron chi connectivity index (χ2n) is 5.44. The van der Waals surface area contributed by atoms with Crippen molar-refractivity contribution >= 4 is 12.0 Å². The number of likely N-dealkylation sites (tertiary alicyclic amines) is 1. The number of amides is 2. The molecule has 0 radical (unpaired) electrons. The molecule has 2 N–H and O–H groups in total. The standard InChI is InChI=1S/C13H22N2O3/c16-12(17)11-5-7-15(8-6-11)13(18)14-9-10-3-1-2-4-10/h10-11H,1-9H2,(H,14,18)(H,16,17). The smallest absolute Gasteiger partial charge is 0.317 e. The van der Waals surface area contributed by atoms with Crippen LogP contribution in [0.4, 0.5) is 4.79 Å². The zero-order chi connectivity index (χ0) is 13.0. The zero-order valence-electron chi connectivity index (χ0n) is 10.7. The van der Waals surface area contributed by atoms with Gasteiger partial charge < -0.3 is 15.3 Å². The second kappa shape index (κ2) is 6.07. The van der Waals surface area contributed by atoms with Crippen molar-refractivity contribution in [1.82, 2.24) is 10.2 Å². The van der Waals surface area contributed by atoms with E-state index in [1.807, 2.05) is 0 Å². The third kappa shape index (κ3) is 3.37. The lowest BCUT2D eigenvalue weighted by atomic mass is 9.97. The van der Waals surface area contributed by atoms with Crippen LogP contribution in [-0.2, 0) is 4.79 Å². The third-order valence-electron chi connectivity index (χ3n) is 4.15. The van der Waals surface area contributed by atoms with Gasteiger partial charge in [0.1, 0.15) is 0 Å². The van der Waals surface area contributed by atoms with Gasteiger partial charge in [0, 0.05) is 19.6 Å². The third-order valence-corrected chi connectivity index (χ3v) is 4.15. The number of hydrogen-bond donors (Lipinski definition) is 2. The average molecular weight is 254 g/mol. The van der Waals surface area contributed by atoms with Crippen LogP contribution >= 0.6 is 0 Å². The van der Waals surface area contributed by atoms with E-state index in [9.17, 15) is 9.59 Å². The Kier molecular flexibility index (Phi) is 4.44. The van der Waals surface area contributed by atoms with Crippen LogP contribution in [0.25, 0.3) is 0 Å². The summed E-state index contributed by atoms with van der Waals surface area (Å²) in [4.78, 5) is 24.5. The number of urea groups is 1. The SMILES string of the molecule is O=C(O)C1CCN(C(=O)NCC2CCCC2)CC1. The fraction of sp³-hybridized carbons (Fsp3) is 0.846. The molecular formula is C13H22N2O3. The van der Waals surface area contributed by atoms with Crippen LogP contribution in [0.15, 0.2) is 0 Å². The monoisotopic (exact) mass is 254 g/mol. The van der Waals surface area contributed by atoms with Crippen LogP contribution in [0.3, 0.4) is 0 Å². The van der Waals surface area contributed by atoms with Crippen molar-refractivity contribution in [3.63, 3.8) is 0 Å². The molecule has 5 nitrogen and oxygen atoms in total. The predicted octanol–water partition coefficient (Wildman–Crippen LogP) is 1.68. The van der Waals surface area contributed by atoms with Gasteiger partial charge in [-0.2, -0.15) is 0 Å². The molecule has 2 amide bonds. The summed E-state index contributed by atoms with van der Waals surface area (Å²) in [5.41, 5.74) is 0. The van der Waals surface area contributed by atoms with Gasteiger partial charge in [-0.15, -0.1) is 0 Å². The Morgan fingerprint density at radius 1 is 1.11 bits per heavy atom. The summed E-state index contributed by atoms with van der Waals surface area (Å²) >= 11 is 0. The minimum atomic E-state index is -0.735. The lowest BCUT2D eigenvalue weighted by molar-refractivity contribution is -0.143. The molecule has 1 saturated heterocycles. The molecule has 0 aromatic heterocycles. The zero-order valence-corrected chi connectivity index (χ0v) is 10.7. The van der Waals surface area contributed by atoms with Crippen LogP contribution in [0.5, 0.6) is 0 Å². The number of aliphatic carboxylic acids is 1. The Labute approximate surface area is 108 Å². The highest BCUT2D eigenvalue weighted by Gasteiger charge is 2.27. The van der Waals surface area contributed by atoms with E-state index in [-0.39, 0.29) is 11.9 Å². The Hall–Kier alpha value is -1.26. The Morgan fingerprint density at radius 3 is 2.28 bits per heavy atom. The van der Waals surface area contributed by atoms with E-state index < -0.39 is 5.97 Å². The van der Waals surface area contributed by atoms with Crippen LogP contribution in [0.2, 0.25) is 0 Å². The topological polar surface area (TPSA) is 69.6 Å². The predicted molar refractivity (Wildman–Crippen MR) is 67.3 cm³/mol. The van der Waals surface area contributed by atoms with E-state index in [4.69, 9.17) is 5.11 Å². The number of carboxylic acid groups (broad SMARTS) is 1. The molecule has 5 heteroatoms. The molecule has 0 spiro atoms. The summed E-state index contributed by atoms with van der Waals surface area (Å²) in [5, 5.41) is 11.9. The maximum Gasteiger partial charge on any atom is 0.317 e. The van der Waals surface area contributed by atoms with Gasteiger partial charge in [0.25, 0.3) is 0 Å². The number of carboxylic acids is 1. The number of hydrogen-bond acceptors (Lipinski definition) is 2. The van der Waals surface area contributed by atoms with Crippen LogP contribution in [0, 0.1) is 11.8 Å². The fourth-order valence-corrected chi connectivity index (χ4v) is 2.89. The molecule has 1 heterocycles. The van der Waals surface area contributed by atoms with Crippen molar-refractivity contribution in [2.75, 3.05) is 19.6 Å². The van der Waals surface area contributed by atoms with E-state index in [1.165, 1.54) is 25.7 Å². The molecule has 0 bridgehead atoms. The van der Waals surface area contributed by atoms with E-state index in [0.29, 0.717) is 31.8 Å². The molecule has 1 aliphatic carbocycles. The maximum atomic E-state index is 11.9. The summed E-state index contributed by atoms with van der Waals surface area (Å²) < 4.78 is 0. The highest BCUT2D eigenvalue weighted by Crippen LogP contribution is 2.24. The first kappa shape index (κ1) is 13.2. The number of piperidine rings is 1. The number of carbonyl (C=O) groups is 2. The van der Waals surface area contributed by atoms with Crippen LogP contribution in [-0.4, -0.2) is 41.6 Å². The molecule has 2 rings (SSSR count). The van der Waals surface area contributed by atoms with Gasteiger partial charge >= 0.3 is 12.0 Å². The number of nitrogens with one attached hydrogen (secondary N) is 1. The molecule has 0 atom stereocenters. The Bertz CT molecular complexity index is 305. The summed E-state index contributed by atoms with van der Waals surface area (Å²) in [6.07, 6.45) is 6.16. The molecule has 1 saturated carbocycles. The lowest BCUT2D eigenvalue weighted by Crippen LogP contribution is -2.46. The highest BCUT2D eigenvalue weighted by atomic mass is 16.4. The minimum Gasteiger partial charge on any atom is -0.481 e. The van der Waals surface area contributed by atoms with Crippen molar-refractivity contribution in [1.29, 1.82) is 0 Å². The minimum absolute atomic E-state index is 0.0225. The van der Waals surface area contributed by atoms with Crippen molar-refractivity contribution in [3.05, 3.63) is 0 Å². The van der Waals surface area contributed by atoms with Gasteiger partial charge in [-0.25, -0.2) is 4.79 Å². The molecule has 1 aliphatic heterocycles. The summed E-state index contributed by atoms with van der Waals surface area (Å²) in [7, 11) is 0. The van der Waals surface area contributed by atoms with Crippen molar-refractivity contribution in [3.8, 4) is 0 Å². The quantitative estimate of drug-likeness (QED) is 0.805. The summed E-state index contributed by atoms with van der Waals surface area (Å²) in [5.74, 6) is -0.365. The van der Waals surface area contributed by atoms with Crippen molar-refractivity contribution in [2.24, 2.45) is 11.8 Å². The number of rotatable bonds is 3. The van der Waals surface area contributed by atoms with E-state index >= 15 is 0 Å². The van der Waals surface area contributed by atoms with Crippen LogP contribution < -0.4 is 5.32 Å². The lowest BCUT2D eigenvalue weighted by Gasteiger charge is -2.30. The fourth-order valence-electron chi connectivity index (χ4n) is 2.89. The molecule has 0 unspecified atom stereocenters. The van der Waals surface area contributed by atoms with Gasteiger partial charge in [0.2, 0.25) is 0 Å². The second-order valence-corrected chi connectivity index (χ2v) is 5.44. The normalized spacial score (nSPS) is 22.1. The molecular weight excluding hydrogens is 232 g/mol. The van der Waals surface area contributed by atoms with E-state index in [0.717, 1.165) is 6.54 Å². The molecule has 0 aromatic carbocycles. The molecule has 18 heavy (non-hydrogen) atoms. The Balaban J connectivity index is 1.68. The maximum absolute atomic E-state index is 11.9. The summed E-state index contributed by atoms with van der Waals surface area (Å²) in [6, 6.07) is -0.0225. The van der Waals surface area contributed by atoms with Crippen molar-refractivity contribution in [2.45, 2.75) is 38.5 Å². The van der Waals surface area contributed by atoms with Gasteiger partial charge in [0.05, 0.1) is 5.92 Å². The van der Waals surface area contributed by atoms with Gasteiger partial charge in [-0.3, -0.25) is 4.79 Å². The first-order valence-corrected chi connectivity index (χ1v) is 6.92. The van der Waals surface area contributed by atoms with Crippen LogP contribution in [0.1, 0.15) is 38.5 Å². The highest BCUT2D eigenvalue weighted by molar-refractivity contribution is 5.75. The van der Waals surface area contributed by atoms with Gasteiger partial charge in [0.15, 0.2) is 0 Å². The van der Waals surface area contributed by atoms with E-state index in [1.54, 1.807) is 4.90 Å². The van der Waals surface area contributed by atoms with Gasteiger partial charge in [-0.05, 0) is 31.6 Å². The number of carbonyl (C=O) groups excluding carboxylic acids is 1. The van der Waals surface area contributed by atoms with Crippen molar-refractivity contribution < 1.29 is 14.7 Å². The molecule has 2 aliphatic rings.